The normalized spacial score (nSPS) is 11.7. The predicted octanol–water partition coefficient (Wildman–Crippen LogP) is 3.73. The molecule has 6 nitrogen and oxygen atoms in total. The summed E-state index contributed by atoms with van der Waals surface area (Å²) in [6, 6.07) is 13.1. The third kappa shape index (κ3) is 5.68. The Morgan fingerprint density at radius 2 is 1.50 bits per heavy atom. The van der Waals surface area contributed by atoms with Crippen LogP contribution in [0.4, 0.5) is 0 Å². The minimum Gasteiger partial charge on any atom is -0.494 e. The molecule has 0 fully saturated rings. The van der Waals surface area contributed by atoms with E-state index in [9.17, 15) is 13.2 Å². The third-order valence-electron chi connectivity index (χ3n) is 3.99. The molecule has 2 aromatic carbocycles. The average molecular weight is 404 g/mol. The van der Waals surface area contributed by atoms with Crippen LogP contribution in [0.15, 0.2) is 59.5 Å². The lowest BCUT2D eigenvalue weighted by atomic mass is 10.2. The largest absolute Gasteiger partial charge is 0.494 e. The first-order valence-corrected chi connectivity index (χ1v) is 10.6. The number of esters is 1. The summed E-state index contributed by atoms with van der Waals surface area (Å²) < 4.78 is 36.9. The van der Waals surface area contributed by atoms with E-state index in [1.54, 1.807) is 56.3 Å². The van der Waals surface area contributed by atoms with E-state index in [2.05, 4.69) is 0 Å². The highest BCUT2D eigenvalue weighted by molar-refractivity contribution is 7.89. The van der Waals surface area contributed by atoms with Crippen molar-refractivity contribution in [2.75, 3.05) is 19.7 Å². The van der Waals surface area contributed by atoms with Crippen molar-refractivity contribution >= 4 is 22.1 Å². The molecule has 0 aliphatic carbocycles. The maximum absolute atomic E-state index is 12.5. The number of carbonyl (C=O) groups is 1. The number of nitrogens with zero attached hydrogens (tertiary/aromatic N) is 1. The summed E-state index contributed by atoms with van der Waals surface area (Å²) >= 11 is 0. The number of benzene rings is 2. The lowest BCUT2D eigenvalue weighted by molar-refractivity contribution is -0.128. The summed E-state index contributed by atoms with van der Waals surface area (Å²) in [5, 5.41) is 0. The Balaban J connectivity index is 2.01. The number of hydrogen-bond acceptors (Lipinski definition) is 5. The van der Waals surface area contributed by atoms with Crippen LogP contribution < -0.4 is 9.47 Å². The fourth-order valence-corrected chi connectivity index (χ4v) is 4.01. The number of ether oxygens (including phenoxy) is 2. The van der Waals surface area contributed by atoms with Gasteiger partial charge in [0, 0.05) is 19.2 Å². The molecule has 28 heavy (non-hydrogen) atoms. The Hall–Kier alpha value is -2.64. The van der Waals surface area contributed by atoms with Crippen molar-refractivity contribution in [2.24, 2.45) is 0 Å². The number of hydrogen-bond donors (Lipinski definition) is 0. The van der Waals surface area contributed by atoms with Crippen molar-refractivity contribution in [1.29, 1.82) is 0 Å². The van der Waals surface area contributed by atoms with Gasteiger partial charge in [0.15, 0.2) is 0 Å². The average Bonchev–Trinajstić information content (AvgIpc) is 2.69. The smallest absolute Gasteiger partial charge is 0.336 e. The second kappa shape index (κ2) is 10.1. The van der Waals surface area contributed by atoms with E-state index in [-0.39, 0.29) is 4.90 Å². The molecule has 2 rings (SSSR count). The Morgan fingerprint density at radius 1 is 0.929 bits per heavy atom. The molecule has 7 heteroatoms. The number of carbonyl (C=O) groups excluding carboxylic acids is 1. The van der Waals surface area contributed by atoms with Gasteiger partial charge in [-0.1, -0.05) is 26.0 Å². The predicted molar refractivity (Wildman–Crippen MR) is 109 cm³/mol. The van der Waals surface area contributed by atoms with Gasteiger partial charge in [0.2, 0.25) is 10.0 Å². The molecular formula is C21H25NO5S. The Morgan fingerprint density at radius 3 is 2.04 bits per heavy atom. The minimum absolute atomic E-state index is 0.227. The molecule has 0 N–H and O–H groups in total. The molecular weight excluding hydrogens is 378 g/mol. The lowest BCUT2D eigenvalue weighted by Gasteiger charge is -2.18. The van der Waals surface area contributed by atoms with Gasteiger partial charge in [-0.2, -0.15) is 4.31 Å². The zero-order valence-electron chi connectivity index (χ0n) is 16.3. The van der Waals surface area contributed by atoms with Crippen LogP contribution in [0.2, 0.25) is 0 Å². The van der Waals surface area contributed by atoms with Crippen LogP contribution in [0, 0.1) is 0 Å². The monoisotopic (exact) mass is 403 g/mol. The van der Waals surface area contributed by atoms with E-state index in [1.807, 2.05) is 6.92 Å². The van der Waals surface area contributed by atoms with Gasteiger partial charge < -0.3 is 9.47 Å². The zero-order valence-corrected chi connectivity index (χ0v) is 17.1. The van der Waals surface area contributed by atoms with E-state index in [1.165, 1.54) is 22.5 Å². The number of sulfonamides is 1. The molecule has 2 aromatic rings. The van der Waals surface area contributed by atoms with Crippen LogP contribution >= 0.6 is 0 Å². The van der Waals surface area contributed by atoms with Gasteiger partial charge in [0.05, 0.1) is 11.5 Å². The standard InChI is InChI=1S/C21H25NO5S/c1-4-22(5-2)28(24,25)20-14-7-17(8-15-20)9-16-21(23)27-19-12-10-18(11-13-19)26-6-3/h7-16H,4-6H2,1-3H3/b16-9+. The van der Waals surface area contributed by atoms with Crippen LogP contribution in [0.1, 0.15) is 26.3 Å². The Labute approximate surface area is 166 Å². The maximum atomic E-state index is 12.5. The molecule has 0 aliphatic heterocycles. The van der Waals surface area contributed by atoms with Gasteiger partial charge in [-0.25, -0.2) is 13.2 Å². The first-order valence-electron chi connectivity index (χ1n) is 9.13. The van der Waals surface area contributed by atoms with E-state index < -0.39 is 16.0 Å². The first-order chi connectivity index (χ1) is 13.4. The minimum atomic E-state index is -3.49. The Bertz CT molecular complexity index is 899. The highest BCUT2D eigenvalue weighted by Gasteiger charge is 2.20. The van der Waals surface area contributed by atoms with E-state index in [0.29, 0.717) is 36.8 Å². The third-order valence-corrected chi connectivity index (χ3v) is 6.05. The molecule has 0 amide bonds. The zero-order chi connectivity index (χ0) is 20.6. The number of rotatable bonds is 9. The van der Waals surface area contributed by atoms with Crippen LogP contribution in [0.3, 0.4) is 0 Å². The van der Waals surface area contributed by atoms with Gasteiger partial charge in [0.1, 0.15) is 11.5 Å². The van der Waals surface area contributed by atoms with Crippen molar-refractivity contribution in [2.45, 2.75) is 25.7 Å². The quantitative estimate of drug-likeness (QED) is 0.362. The molecule has 0 atom stereocenters. The van der Waals surface area contributed by atoms with Gasteiger partial charge in [-0.05, 0) is 55.0 Å². The highest BCUT2D eigenvalue weighted by Crippen LogP contribution is 2.19. The van der Waals surface area contributed by atoms with Crippen molar-refractivity contribution in [1.82, 2.24) is 4.31 Å². The summed E-state index contributed by atoms with van der Waals surface area (Å²) in [5.74, 6) is 0.598. The summed E-state index contributed by atoms with van der Waals surface area (Å²) in [7, 11) is -3.49. The van der Waals surface area contributed by atoms with Crippen molar-refractivity contribution < 1.29 is 22.7 Å². The second-order valence-corrected chi connectivity index (χ2v) is 7.76. The molecule has 0 saturated heterocycles. The summed E-state index contributed by atoms with van der Waals surface area (Å²) in [4.78, 5) is 12.2. The van der Waals surface area contributed by atoms with Crippen molar-refractivity contribution in [3.05, 3.63) is 60.2 Å². The van der Waals surface area contributed by atoms with Gasteiger partial charge in [-0.3, -0.25) is 0 Å². The fraction of sp³-hybridized carbons (Fsp3) is 0.286. The summed E-state index contributed by atoms with van der Waals surface area (Å²) in [6.07, 6.45) is 2.87. The molecule has 0 aromatic heterocycles. The van der Waals surface area contributed by atoms with Crippen molar-refractivity contribution in [3.8, 4) is 11.5 Å². The van der Waals surface area contributed by atoms with E-state index >= 15 is 0 Å². The maximum Gasteiger partial charge on any atom is 0.336 e. The molecule has 0 heterocycles. The fourth-order valence-electron chi connectivity index (χ4n) is 2.55. The second-order valence-electron chi connectivity index (χ2n) is 5.82. The summed E-state index contributed by atoms with van der Waals surface area (Å²) in [5.41, 5.74) is 0.696. The van der Waals surface area contributed by atoms with Crippen LogP contribution in [-0.2, 0) is 14.8 Å². The van der Waals surface area contributed by atoms with Gasteiger partial charge >= 0.3 is 5.97 Å². The molecule has 0 saturated carbocycles. The van der Waals surface area contributed by atoms with Crippen LogP contribution in [0.5, 0.6) is 11.5 Å². The summed E-state index contributed by atoms with van der Waals surface area (Å²) in [6.45, 7) is 6.89. The van der Waals surface area contributed by atoms with E-state index in [4.69, 9.17) is 9.47 Å². The van der Waals surface area contributed by atoms with Crippen LogP contribution in [0.25, 0.3) is 6.08 Å². The molecule has 150 valence electrons. The molecule has 0 aliphatic rings. The Kier molecular flexibility index (Phi) is 7.78. The highest BCUT2D eigenvalue weighted by atomic mass is 32.2. The molecule has 0 radical (unpaired) electrons. The van der Waals surface area contributed by atoms with Crippen molar-refractivity contribution in [3.63, 3.8) is 0 Å². The van der Waals surface area contributed by atoms with Gasteiger partial charge in [-0.15, -0.1) is 0 Å². The van der Waals surface area contributed by atoms with E-state index in [0.717, 1.165) is 0 Å². The topological polar surface area (TPSA) is 72.9 Å². The molecule has 0 bridgehead atoms. The van der Waals surface area contributed by atoms with Crippen LogP contribution in [-0.4, -0.2) is 38.4 Å². The SMILES string of the molecule is CCOc1ccc(OC(=O)/C=C/c2ccc(S(=O)(=O)N(CC)CC)cc2)cc1. The van der Waals surface area contributed by atoms with Gasteiger partial charge in [0.25, 0.3) is 0 Å². The molecule has 0 spiro atoms. The lowest BCUT2D eigenvalue weighted by Crippen LogP contribution is -2.30. The first kappa shape index (κ1) is 21.7. The molecule has 0 unspecified atom stereocenters.